The van der Waals surface area contributed by atoms with E-state index in [4.69, 9.17) is 14.6 Å². The van der Waals surface area contributed by atoms with Gasteiger partial charge in [0.15, 0.2) is 6.29 Å². The van der Waals surface area contributed by atoms with Crippen LogP contribution in [-0.4, -0.2) is 52.6 Å². The molecule has 0 saturated carbocycles. The predicted molar refractivity (Wildman–Crippen MR) is 32.6 cm³/mol. The third-order valence-corrected chi connectivity index (χ3v) is 2.09. The van der Waals surface area contributed by atoms with Crippen molar-refractivity contribution in [2.45, 2.75) is 30.7 Å². The zero-order valence-corrected chi connectivity index (χ0v) is 5.75. The molecule has 0 aromatic carbocycles. The molecule has 5 heteroatoms. The fourth-order valence-electron chi connectivity index (χ4n) is 1.38. The largest absolute Gasteiger partial charge is 0.387 e. The van der Waals surface area contributed by atoms with Crippen molar-refractivity contribution in [3.63, 3.8) is 0 Å². The van der Waals surface area contributed by atoms with Gasteiger partial charge in [0.05, 0.1) is 6.61 Å². The lowest BCUT2D eigenvalue weighted by molar-refractivity contribution is -0.228. The fourth-order valence-corrected chi connectivity index (χ4v) is 1.38. The Kier molecular flexibility index (Phi) is 1.62. The summed E-state index contributed by atoms with van der Waals surface area (Å²) < 4.78 is 9.95. The smallest absolute Gasteiger partial charge is 0.186 e. The average Bonchev–Trinajstić information content (AvgIpc) is 2.44. The van der Waals surface area contributed by atoms with E-state index in [1.165, 1.54) is 0 Å². The maximum atomic E-state index is 9.22. The Bertz CT molecular complexity index is 141. The summed E-state index contributed by atoms with van der Waals surface area (Å²) in [5.74, 6) is 0. The minimum absolute atomic E-state index is 0.236. The van der Waals surface area contributed by atoms with Crippen molar-refractivity contribution < 1.29 is 24.8 Å². The second kappa shape index (κ2) is 2.40. The number of hydrogen-bond acceptors (Lipinski definition) is 5. The van der Waals surface area contributed by atoms with Crippen LogP contribution in [0.5, 0.6) is 0 Å². The summed E-state index contributed by atoms with van der Waals surface area (Å²) in [6.07, 6.45) is -4.58. The summed E-state index contributed by atoms with van der Waals surface area (Å²) >= 11 is 0. The molecule has 2 bridgehead atoms. The van der Waals surface area contributed by atoms with Crippen LogP contribution in [0.3, 0.4) is 0 Å². The molecule has 3 N–H and O–H groups in total. The Balaban J connectivity index is 2.16. The quantitative estimate of drug-likeness (QED) is 0.377. The second-order valence-corrected chi connectivity index (χ2v) is 2.85. The Morgan fingerprint density at radius 3 is 2.45 bits per heavy atom. The monoisotopic (exact) mass is 162 g/mol. The van der Waals surface area contributed by atoms with Gasteiger partial charge >= 0.3 is 0 Å². The van der Waals surface area contributed by atoms with E-state index in [1.807, 2.05) is 0 Å². The first kappa shape index (κ1) is 7.45. The number of aliphatic hydroxyl groups is 3. The van der Waals surface area contributed by atoms with Crippen molar-refractivity contribution in [2.24, 2.45) is 0 Å². The summed E-state index contributed by atoms with van der Waals surface area (Å²) in [5.41, 5.74) is 0. The first-order valence-corrected chi connectivity index (χ1v) is 3.51. The molecule has 0 radical (unpaired) electrons. The minimum Gasteiger partial charge on any atom is -0.387 e. The van der Waals surface area contributed by atoms with Gasteiger partial charge in [0.1, 0.15) is 24.4 Å². The molecule has 0 unspecified atom stereocenters. The topological polar surface area (TPSA) is 79.2 Å². The molecule has 0 aromatic rings. The van der Waals surface area contributed by atoms with Crippen molar-refractivity contribution in [3.05, 3.63) is 0 Å². The van der Waals surface area contributed by atoms with E-state index >= 15 is 0 Å². The normalized spacial score (nSPS) is 56.5. The molecule has 2 fully saturated rings. The number of aliphatic hydroxyl groups excluding tert-OH is 3. The fraction of sp³-hybridized carbons (Fsp3) is 1.00. The van der Waals surface area contributed by atoms with Crippen LogP contribution < -0.4 is 0 Å². The molecule has 0 aliphatic carbocycles. The third-order valence-electron chi connectivity index (χ3n) is 2.09. The number of rotatable bonds is 0. The Morgan fingerprint density at radius 2 is 1.73 bits per heavy atom. The molecule has 11 heavy (non-hydrogen) atoms. The van der Waals surface area contributed by atoms with Crippen LogP contribution in [0.15, 0.2) is 0 Å². The van der Waals surface area contributed by atoms with E-state index in [2.05, 4.69) is 0 Å². The number of ether oxygens (including phenoxy) is 2. The SMILES string of the molecule is O[C@H]1[C@@H](O)[C@H]2CO[C@@H](O2)[C@@H]1O. The molecule has 2 aliphatic rings. The molecule has 0 spiro atoms. The van der Waals surface area contributed by atoms with Gasteiger partial charge in [0.25, 0.3) is 0 Å². The molecule has 2 heterocycles. The molecule has 0 amide bonds. The van der Waals surface area contributed by atoms with Crippen LogP contribution in [0.25, 0.3) is 0 Å². The van der Waals surface area contributed by atoms with Gasteiger partial charge < -0.3 is 24.8 Å². The molecule has 5 atom stereocenters. The van der Waals surface area contributed by atoms with Crippen LogP contribution in [0.4, 0.5) is 0 Å². The van der Waals surface area contributed by atoms with Crippen LogP contribution >= 0.6 is 0 Å². The molecular formula is C6H10O5. The van der Waals surface area contributed by atoms with Gasteiger partial charge in [0.2, 0.25) is 0 Å². The molecule has 2 saturated heterocycles. The highest BCUT2D eigenvalue weighted by Gasteiger charge is 2.48. The van der Waals surface area contributed by atoms with Gasteiger partial charge in [-0.05, 0) is 0 Å². The standard InChI is InChI=1S/C6H10O5/c7-3-2-1-10-6(11-2)5(9)4(3)8/h2-9H,1H2/t2-,3+,4+,5-,6+/m1/s1. The van der Waals surface area contributed by atoms with Crippen molar-refractivity contribution in [1.82, 2.24) is 0 Å². The van der Waals surface area contributed by atoms with E-state index in [-0.39, 0.29) is 6.61 Å². The van der Waals surface area contributed by atoms with Gasteiger partial charge in [-0.2, -0.15) is 0 Å². The highest BCUT2D eigenvalue weighted by molar-refractivity contribution is 4.92. The van der Waals surface area contributed by atoms with E-state index in [1.54, 1.807) is 0 Å². The van der Waals surface area contributed by atoms with Gasteiger partial charge in [0, 0.05) is 0 Å². The maximum absolute atomic E-state index is 9.22. The van der Waals surface area contributed by atoms with E-state index in [0.717, 1.165) is 0 Å². The molecule has 0 aromatic heterocycles. The lowest BCUT2D eigenvalue weighted by atomic mass is 10.0. The lowest BCUT2D eigenvalue weighted by Crippen LogP contribution is -2.53. The zero-order chi connectivity index (χ0) is 8.01. The number of fused-ring (bicyclic) bond motifs is 2. The van der Waals surface area contributed by atoms with Crippen LogP contribution in [0.1, 0.15) is 0 Å². The Morgan fingerprint density at radius 1 is 1.00 bits per heavy atom. The average molecular weight is 162 g/mol. The van der Waals surface area contributed by atoms with Crippen LogP contribution in [0.2, 0.25) is 0 Å². The minimum atomic E-state index is -1.15. The van der Waals surface area contributed by atoms with Crippen LogP contribution in [0, 0.1) is 0 Å². The highest BCUT2D eigenvalue weighted by atomic mass is 16.7. The Hall–Kier alpha value is -0.200. The zero-order valence-electron chi connectivity index (χ0n) is 5.75. The summed E-state index contributed by atoms with van der Waals surface area (Å²) in [4.78, 5) is 0. The first-order valence-electron chi connectivity index (χ1n) is 3.51. The maximum Gasteiger partial charge on any atom is 0.186 e. The summed E-state index contributed by atoms with van der Waals surface area (Å²) in [5, 5.41) is 27.6. The van der Waals surface area contributed by atoms with E-state index in [0.29, 0.717) is 0 Å². The molecule has 5 nitrogen and oxygen atoms in total. The molecule has 64 valence electrons. The van der Waals surface area contributed by atoms with E-state index in [9.17, 15) is 10.2 Å². The first-order chi connectivity index (χ1) is 5.20. The van der Waals surface area contributed by atoms with Gasteiger partial charge in [-0.1, -0.05) is 0 Å². The van der Waals surface area contributed by atoms with Crippen molar-refractivity contribution in [2.75, 3.05) is 6.61 Å². The summed E-state index contributed by atoms with van der Waals surface area (Å²) in [7, 11) is 0. The van der Waals surface area contributed by atoms with Crippen molar-refractivity contribution in [3.8, 4) is 0 Å². The lowest BCUT2D eigenvalue weighted by Gasteiger charge is -2.32. The predicted octanol–water partition coefficient (Wildman–Crippen LogP) is -2.18. The van der Waals surface area contributed by atoms with Crippen molar-refractivity contribution in [1.29, 1.82) is 0 Å². The van der Waals surface area contributed by atoms with Gasteiger partial charge in [-0.25, -0.2) is 0 Å². The van der Waals surface area contributed by atoms with Crippen molar-refractivity contribution >= 4 is 0 Å². The Labute approximate surface area is 63.2 Å². The second-order valence-electron chi connectivity index (χ2n) is 2.85. The summed E-state index contributed by atoms with van der Waals surface area (Å²) in [6, 6.07) is 0. The molecule has 2 aliphatic heterocycles. The number of hydrogen-bond donors (Lipinski definition) is 3. The van der Waals surface area contributed by atoms with Crippen LogP contribution in [-0.2, 0) is 9.47 Å². The molecular weight excluding hydrogens is 152 g/mol. The third kappa shape index (κ3) is 0.969. The van der Waals surface area contributed by atoms with Gasteiger partial charge in [-0.15, -0.1) is 0 Å². The van der Waals surface area contributed by atoms with Gasteiger partial charge in [-0.3, -0.25) is 0 Å². The molecule has 2 rings (SSSR count). The highest BCUT2D eigenvalue weighted by Crippen LogP contribution is 2.27. The summed E-state index contributed by atoms with van der Waals surface area (Å²) in [6.45, 7) is 0.236. The van der Waals surface area contributed by atoms with E-state index < -0.39 is 30.7 Å².